The molecule has 0 fully saturated rings. The fraction of sp³-hybridized carbons (Fsp3) is 0.222. The molecule has 0 aromatic heterocycles. The molecule has 0 aliphatic carbocycles. The Morgan fingerprint density at radius 1 is 1.46 bits per heavy atom. The Bertz CT molecular complexity index is 333. The molecule has 0 atom stereocenters. The molecule has 0 aliphatic heterocycles. The van der Waals surface area contributed by atoms with Crippen molar-refractivity contribution in [3.63, 3.8) is 0 Å². The molecule has 0 amide bonds. The summed E-state index contributed by atoms with van der Waals surface area (Å²) in [7, 11) is 0. The number of halogens is 2. The normalized spacial score (nSPS) is 8.23. The SMILES string of the molecule is CC.N#Cc1cc(Br)c(O)cc1Cl. The van der Waals surface area contributed by atoms with Gasteiger partial charge in [0.25, 0.3) is 0 Å². The number of nitriles is 1. The maximum Gasteiger partial charge on any atom is 0.131 e. The standard InChI is InChI=1S/C7H3BrClNO.C2H6/c8-5-1-4(3-10)6(9)2-7(5)11;1-2/h1-2,11H;1-2H3. The molecule has 2 nitrogen and oxygen atoms in total. The molecule has 1 aromatic carbocycles. The molecule has 0 aliphatic rings. The van der Waals surface area contributed by atoms with Gasteiger partial charge in [0.15, 0.2) is 0 Å². The van der Waals surface area contributed by atoms with Crippen LogP contribution in [-0.2, 0) is 0 Å². The van der Waals surface area contributed by atoms with E-state index in [1.807, 2.05) is 19.9 Å². The first-order chi connectivity index (χ1) is 6.15. The van der Waals surface area contributed by atoms with E-state index < -0.39 is 0 Å². The summed E-state index contributed by atoms with van der Waals surface area (Å²) in [5.74, 6) is 0.0361. The summed E-state index contributed by atoms with van der Waals surface area (Å²) < 4.78 is 0.471. The highest BCUT2D eigenvalue weighted by atomic mass is 79.9. The molecule has 1 N–H and O–H groups in total. The van der Waals surface area contributed by atoms with E-state index in [-0.39, 0.29) is 10.8 Å². The van der Waals surface area contributed by atoms with E-state index in [4.69, 9.17) is 22.0 Å². The molecular formula is C9H9BrClNO. The van der Waals surface area contributed by atoms with Crippen molar-refractivity contribution in [1.29, 1.82) is 5.26 Å². The lowest BCUT2D eigenvalue weighted by Gasteiger charge is -1.98. The molecule has 0 heterocycles. The lowest BCUT2D eigenvalue weighted by molar-refractivity contribution is 0.472. The Hall–Kier alpha value is -0.720. The third kappa shape index (κ3) is 3.25. The summed E-state index contributed by atoms with van der Waals surface area (Å²) in [5.41, 5.74) is 0.344. The molecule has 0 bridgehead atoms. The molecule has 0 saturated carbocycles. The predicted octanol–water partition coefficient (Wildman–Crippen LogP) is 3.71. The van der Waals surface area contributed by atoms with Crippen molar-refractivity contribution < 1.29 is 5.11 Å². The van der Waals surface area contributed by atoms with Crippen LogP contribution < -0.4 is 0 Å². The van der Waals surface area contributed by atoms with Crippen LogP contribution in [0.25, 0.3) is 0 Å². The minimum atomic E-state index is 0.0361. The molecule has 4 heteroatoms. The van der Waals surface area contributed by atoms with E-state index in [0.717, 1.165) is 0 Å². The summed E-state index contributed by atoms with van der Waals surface area (Å²) in [6.07, 6.45) is 0. The van der Waals surface area contributed by atoms with Gasteiger partial charge in [-0.15, -0.1) is 0 Å². The van der Waals surface area contributed by atoms with Gasteiger partial charge in [-0.2, -0.15) is 5.26 Å². The van der Waals surface area contributed by atoms with Crippen molar-refractivity contribution in [2.24, 2.45) is 0 Å². The molecule has 70 valence electrons. The highest BCUT2D eigenvalue weighted by Gasteiger charge is 2.04. The monoisotopic (exact) mass is 261 g/mol. The molecule has 13 heavy (non-hydrogen) atoms. The highest BCUT2D eigenvalue weighted by molar-refractivity contribution is 9.10. The van der Waals surface area contributed by atoms with Gasteiger partial charge >= 0.3 is 0 Å². The minimum absolute atomic E-state index is 0.0361. The van der Waals surface area contributed by atoms with Gasteiger partial charge in [-0.3, -0.25) is 0 Å². The Kier molecular flexibility index (Phi) is 5.52. The van der Waals surface area contributed by atoms with Crippen LogP contribution in [0.15, 0.2) is 16.6 Å². The predicted molar refractivity (Wildman–Crippen MR) is 56.9 cm³/mol. The van der Waals surface area contributed by atoms with Gasteiger partial charge in [0.1, 0.15) is 11.8 Å². The molecule has 0 spiro atoms. The summed E-state index contributed by atoms with van der Waals surface area (Å²) in [4.78, 5) is 0. The van der Waals surface area contributed by atoms with E-state index in [1.54, 1.807) is 0 Å². The number of hydrogen-bond donors (Lipinski definition) is 1. The maximum absolute atomic E-state index is 9.08. The van der Waals surface area contributed by atoms with Crippen LogP contribution in [0.3, 0.4) is 0 Å². The third-order valence-electron chi connectivity index (χ3n) is 1.16. The Labute approximate surface area is 90.9 Å². The van der Waals surface area contributed by atoms with Crippen LogP contribution in [0.5, 0.6) is 5.75 Å². The van der Waals surface area contributed by atoms with Gasteiger partial charge in [0, 0.05) is 6.07 Å². The van der Waals surface area contributed by atoms with Gasteiger partial charge in [-0.25, -0.2) is 0 Å². The van der Waals surface area contributed by atoms with E-state index in [0.29, 0.717) is 10.0 Å². The van der Waals surface area contributed by atoms with Crippen molar-refractivity contribution in [1.82, 2.24) is 0 Å². The van der Waals surface area contributed by atoms with Gasteiger partial charge in [-0.05, 0) is 22.0 Å². The van der Waals surface area contributed by atoms with E-state index in [1.165, 1.54) is 12.1 Å². The summed E-state index contributed by atoms with van der Waals surface area (Å²) in [6, 6.07) is 4.68. The van der Waals surface area contributed by atoms with Gasteiger partial charge in [0.2, 0.25) is 0 Å². The van der Waals surface area contributed by atoms with Gasteiger partial charge in [-0.1, -0.05) is 25.4 Å². The fourth-order valence-electron chi connectivity index (χ4n) is 0.622. The average molecular weight is 263 g/mol. The first-order valence-electron chi connectivity index (χ1n) is 3.73. The van der Waals surface area contributed by atoms with Crippen LogP contribution in [-0.4, -0.2) is 5.11 Å². The van der Waals surface area contributed by atoms with E-state index >= 15 is 0 Å². The second kappa shape index (κ2) is 5.85. The van der Waals surface area contributed by atoms with Crippen LogP contribution in [0.2, 0.25) is 5.02 Å². The van der Waals surface area contributed by atoms with Crippen LogP contribution in [0.1, 0.15) is 19.4 Å². The van der Waals surface area contributed by atoms with Gasteiger partial charge < -0.3 is 5.11 Å². The highest BCUT2D eigenvalue weighted by Crippen LogP contribution is 2.29. The van der Waals surface area contributed by atoms with Crippen molar-refractivity contribution in [3.8, 4) is 11.8 Å². The molecule has 1 rings (SSSR count). The number of phenolic OH excluding ortho intramolecular Hbond substituents is 1. The van der Waals surface area contributed by atoms with Crippen molar-refractivity contribution >= 4 is 27.5 Å². The summed E-state index contributed by atoms with van der Waals surface area (Å²) in [5, 5.41) is 17.8. The van der Waals surface area contributed by atoms with Crippen molar-refractivity contribution in [3.05, 3.63) is 27.2 Å². The zero-order chi connectivity index (χ0) is 10.4. The topological polar surface area (TPSA) is 44.0 Å². The Morgan fingerprint density at radius 2 is 2.00 bits per heavy atom. The number of aromatic hydroxyl groups is 1. The first kappa shape index (κ1) is 12.3. The Morgan fingerprint density at radius 3 is 2.46 bits per heavy atom. The van der Waals surface area contributed by atoms with Crippen LogP contribution in [0, 0.1) is 11.3 Å². The Balaban J connectivity index is 0.000000671. The summed E-state index contributed by atoms with van der Waals surface area (Å²) in [6.45, 7) is 4.00. The van der Waals surface area contributed by atoms with E-state index in [2.05, 4.69) is 15.9 Å². The third-order valence-corrected chi connectivity index (χ3v) is 2.10. The number of hydrogen-bond acceptors (Lipinski definition) is 2. The smallest absolute Gasteiger partial charge is 0.131 e. The quantitative estimate of drug-likeness (QED) is 0.774. The second-order valence-electron chi connectivity index (χ2n) is 1.90. The van der Waals surface area contributed by atoms with Crippen molar-refractivity contribution in [2.75, 3.05) is 0 Å². The summed E-state index contributed by atoms with van der Waals surface area (Å²) >= 11 is 8.66. The number of rotatable bonds is 0. The largest absolute Gasteiger partial charge is 0.507 e. The van der Waals surface area contributed by atoms with Crippen LogP contribution in [0.4, 0.5) is 0 Å². The second-order valence-corrected chi connectivity index (χ2v) is 3.16. The lowest BCUT2D eigenvalue weighted by atomic mass is 10.2. The maximum atomic E-state index is 9.08. The number of nitrogens with zero attached hydrogens (tertiary/aromatic N) is 1. The van der Waals surface area contributed by atoms with Crippen molar-refractivity contribution in [2.45, 2.75) is 13.8 Å². The molecule has 0 saturated heterocycles. The van der Waals surface area contributed by atoms with Crippen LogP contribution >= 0.6 is 27.5 Å². The zero-order valence-corrected chi connectivity index (χ0v) is 9.65. The molecule has 1 aromatic rings. The molecule has 0 unspecified atom stereocenters. The number of benzene rings is 1. The minimum Gasteiger partial charge on any atom is -0.507 e. The fourth-order valence-corrected chi connectivity index (χ4v) is 1.17. The number of phenols is 1. The molecule has 0 radical (unpaired) electrons. The average Bonchev–Trinajstić information content (AvgIpc) is 2.15. The zero-order valence-electron chi connectivity index (χ0n) is 7.31. The van der Waals surface area contributed by atoms with Gasteiger partial charge in [0.05, 0.1) is 15.1 Å². The lowest BCUT2D eigenvalue weighted by Crippen LogP contribution is -1.77. The molecular weight excluding hydrogens is 253 g/mol. The van der Waals surface area contributed by atoms with E-state index in [9.17, 15) is 0 Å². The first-order valence-corrected chi connectivity index (χ1v) is 4.90.